The number of rotatable bonds is 0. The van der Waals surface area contributed by atoms with Crippen molar-refractivity contribution in [3.05, 3.63) is 23.3 Å². The predicted octanol–water partition coefficient (Wildman–Crippen LogP) is 1.73. The molecule has 19 heavy (non-hydrogen) atoms. The fraction of sp³-hybridized carbons (Fsp3) is 0.467. The minimum atomic E-state index is -0.776. The van der Waals surface area contributed by atoms with Gasteiger partial charge in [-0.2, -0.15) is 0 Å². The third kappa shape index (κ3) is 2.23. The zero-order valence-corrected chi connectivity index (χ0v) is 11.1. The van der Waals surface area contributed by atoms with Crippen LogP contribution in [0.5, 0.6) is 0 Å². The quantitative estimate of drug-likeness (QED) is 0.491. The summed E-state index contributed by atoms with van der Waals surface area (Å²) in [6.07, 6.45) is 3.50. The topological polar surface area (TPSA) is 68.3 Å². The van der Waals surface area contributed by atoms with Crippen LogP contribution in [0.4, 0.5) is 0 Å². The van der Waals surface area contributed by atoms with Gasteiger partial charge in [0.05, 0.1) is 11.1 Å². The van der Waals surface area contributed by atoms with Gasteiger partial charge in [0.2, 0.25) is 0 Å². The number of carbonyl (C=O) groups excluding carboxylic acids is 4. The molecule has 0 aromatic rings. The molecule has 2 rings (SSSR count). The normalized spacial score (nSPS) is 28.1. The van der Waals surface area contributed by atoms with Gasteiger partial charge in [0.15, 0.2) is 23.1 Å². The average molecular weight is 260 g/mol. The van der Waals surface area contributed by atoms with E-state index in [1.54, 1.807) is 13.8 Å². The molecule has 2 aliphatic rings. The van der Waals surface area contributed by atoms with Crippen LogP contribution in [0.25, 0.3) is 0 Å². The third-order valence-corrected chi connectivity index (χ3v) is 3.92. The number of Topliss-reactive ketones (excluding diaryl/α,β-unsaturated/α-hetero) is 4. The maximum Gasteiger partial charge on any atom is 0.166 e. The molecule has 0 unspecified atom stereocenters. The molecule has 100 valence electrons. The van der Waals surface area contributed by atoms with Gasteiger partial charge in [-0.3, -0.25) is 19.2 Å². The average Bonchev–Trinajstić information content (AvgIpc) is 2.27. The van der Waals surface area contributed by atoms with Gasteiger partial charge in [-0.1, -0.05) is 12.2 Å². The Morgan fingerprint density at radius 2 is 0.947 bits per heavy atom. The molecule has 4 nitrogen and oxygen atoms in total. The molecule has 1 spiro atoms. The molecule has 0 atom stereocenters. The van der Waals surface area contributed by atoms with E-state index in [2.05, 4.69) is 0 Å². The first-order chi connectivity index (χ1) is 8.92. The first kappa shape index (κ1) is 13.6. The van der Waals surface area contributed by atoms with Crippen molar-refractivity contribution in [1.82, 2.24) is 0 Å². The van der Waals surface area contributed by atoms with Gasteiger partial charge in [0.25, 0.3) is 0 Å². The molecule has 0 aliphatic heterocycles. The van der Waals surface area contributed by atoms with Crippen molar-refractivity contribution in [3.63, 3.8) is 0 Å². The molecule has 2 aliphatic carbocycles. The molecular formula is C15H16O4. The van der Waals surface area contributed by atoms with Crippen LogP contribution in [-0.4, -0.2) is 23.1 Å². The maximum atomic E-state index is 11.9. The van der Waals surface area contributed by atoms with Gasteiger partial charge < -0.3 is 0 Å². The monoisotopic (exact) mass is 260 g/mol. The predicted molar refractivity (Wildman–Crippen MR) is 68.4 cm³/mol. The Bertz CT molecular complexity index is 455. The highest BCUT2D eigenvalue weighted by Crippen LogP contribution is 2.45. The Balaban J connectivity index is 2.32. The second-order valence-corrected chi connectivity index (χ2v) is 5.30. The second kappa shape index (κ2) is 4.68. The van der Waals surface area contributed by atoms with Crippen molar-refractivity contribution in [1.29, 1.82) is 0 Å². The van der Waals surface area contributed by atoms with E-state index in [9.17, 15) is 19.2 Å². The Morgan fingerprint density at radius 1 is 0.684 bits per heavy atom. The molecule has 0 N–H and O–H groups in total. The summed E-state index contributed by atoms with van der Waals surface area (Å²) >= 11 is 0. The molecule has 0 saturated heterocycles. The van der Waals surface area contributed by atoms with E-state index in [1.165, 1.54) is 12.2 Å². The van der Waals surface area contributed by atoms with Gasteiger partial charge in [-0.05, 0) is 19.3 Å². The van der Waals surface area contributed by atoms with Crippen LogP contribution in [0, 0.1) is 5.41 Å². The van der Waals surface area contributed by atoms with Crippen molar-refractivity contribution in [2.24, 2.45) is 5.41 Å². The summed E-state index contributed by atoms with van der Waals surface area (Å²) in [7, 11) is 0. The molecule has 0 aromatic carbocycles. The minimum Gasteiger partial charge on any atom is -0.294 e. The highest BCUT2D eigenvalue weighted by molar-refractivity contribution is 6.26. The Morgan fingerprint density at radius 3 is 1.16 bits per heavy atom. The summed E-state index contributed by atoms with van der Waals surface area (Å²) < 4.78 is 0. The van der Waals surface area contributed by atoms with Crippen LogP contribution in [-0.2, 0) is 19.2 Å². The van der Waals surface area contributed by atoms with Crippen molar-refractivity contribution in [2.45, 2.75) is 39.5 Å². The molecule has 2 saturated carbocycles. The third-order valence-electron chi connectivity index (χ3n) is 3.92. The van der Waals surface area contributed by atoms with E-state index < -0.39 is 5.41 Å². The lowest BCUT2D eigenvalue weighted by atomic mass is 9.62. The van der Waals surface area contributed by atoms with Crippen molar-refractivity contribution < 1.29 is 19.2 Å². The smallest absolute Gasteiger partial charge is 0.166 e. The standard InChI is InChI=1S/C15H16O4/c1-3-9-11(16)5-15(6-12(9)17)7-13(18)10(4-2)14(19)8-15/h3-4H,5-8H2,1-2H3. The first-order valence-electron chi connectivity index (χ1n) is 6.38. The van der Waals surface area contributed by atoms with Crippen LogP contribution in [0.15, 0.2) is 23.3 Å². The van der Waals surface area contributed by atoms with Crippen molar-refractivity contribution in [2.75, 3.05) is 0 Å². The molecule has 0 aromatic heterocycles. The number of hydrogen-bond donors (Lipinski definition) is 0. The number of carbonyl (C=O) groups is 4. The van der Waals surface area contributed by atoms with Crippen LogP contribution < -0.4 is 0 Å². The van der Waals surface area contributed by atoms with Crippen LogP contribution >= 0.6 is 0 Å². The fourth-order valence-electron chi connectivity index (χ4n) is 3.07. The van der Waals surface area contributed by atoms with Gasteiger partial charge in [-0.15, -0.1) is 0 Å². The van der Waals surface area contributed by atoms with Gasteiger partial charge in [-0.25, -0.2) is 0 Å². The molecule has 0 heterocycles. The highest BCUT2D eigenvalue weighted by Gasteiger charge is 2.48. The molecule has 0 bridgehead atoms. The maximum absolute atomic E-state index is 11.9. The highest BCUT2D eigenvalue weighted by atomic mass is 16.2. The lowest BCUT2D eigenvalue weighted by Gasteiger charge is -2.38. The fourth-order valence-corrected chi connectivity index (χ4v) is 3.07. The van der Waals surface area contributed by atoms with Gasteiger partial charge in [0.1, 0.15) is 0 Å². The number of ketones is 4. The first-order valence-corrected chi connectivity index (χ1v) is 6.38. The Kier molecular flexibility index (Phi) is 3.35. The second-order valence-electron chi connectivity index (χ2n) is 5.30. The Labute approximate surface area is 111 Å². The zero-order valence-electron chi connectivity index (χ0n) is 11.1. The lowest BCUT2D eigenvalue weighted by Crippen LogP contribution is -2.43. The van der Waals surface area contributed by atoms with E-state index in [0.29, 0.717) is 0 Å². The molecule has 2 fully saturated rings. The SMILES string of the molecule is CC=C1C(=O)CC2(CC1=O)CC(=O)C(=CC)C(=O)C2. The van der Waals surface area contributed by atoms with Crippen LogP contribution in [0.3, 0.4) is 0 Å². The molecular weight excluding hydrogens is 244 g/mol. The van der Waals surface area contributed by atoms with E-state index in [0.717, 1.165) is 0 Å². The summed E-state index contributed by atoms with van der Waals surface area (Å²) in [5.41, 5.74) is -0.355. The summed E-state index contributed by atoms with van der Waals surface area (Å²) in [5, 5.41) is 0. The van der Waals surface area contributed by atoms with E-state index in [1.807, 2.05) is 0 Å². The van der Waals surface area contributed by atoms with E-state index in [4.69, 9.17) is 0 Å². The molecule has 4 heteroatoms. The van der Waals surface area contributed by atoms with Gasteiger partial charge in [0, 0.05) is 25.7 Å². The Hall–Kier alpha value is -1.84. The summed E-state index contributed by atoms with van der Waals surface area (Å²) in [4.78, 5) is 47.8. The van der Waals surface area contributed by atoms with Crippen LogP contribution in [0.1, 0.15) is 39.5 Å². The van der Waals surface area contributed by atoms with E-state index >= 15 is 0 Å². The summed E-state index contributed by atoms with van der Waals surface area (Å²) in [6.45, 7) is 3.30. The lowest BCUT2D eigenvalue weighted by molar-refractivity contribution is -0.134. The minimum absolute atomic E-state index is 0.118. The number of allylic oxidation sites excluding steroid dienone is 4. The largest absolute Gasteiger partial charge is 0.294 e. The molecule has 0 amide bonds. The van der Waals surface area contributed by atoms with Gasteiger partial charge >= 0.3 is 0 Å². The zero-order chi connectivity index (χ0) is 14.2. The van der Waals surface area contributed by atoms with Crippen LogP contribution in [0.2, 0.25) is 0 Å². The van der Waals surface area contributed by atoms with Crippen molar-refractivity contribution >= 4 is 23.1 Å². The van der Waals surface area contributed by atoms with E-state index in [-0.39, 0.29) is 60.0 Å². The summed E-state index contributed by atoms with van der Waals surface area (Å²) in [6, 6.07) is 0. The number of hydrogen-bond acceptors (Lipinski definition) is 4. The van der Waals surface area contributed by atoms with Crippen molar-refractivity contribution in [3.8, 4) is 0 Å². The summed E-state index contributed by atoms with van der Waals surface area (Å²) in [5.74, 6) is -0.988. The molecule has 0 radical (unpaired) electrons.